The molecule has 26 nitrogen and oxygen atoms in total. The second kappa shape index (κ2) is 35.8. The lowest BCUT2D eigenvalue weighted by molar-refractivity contribution is -0.143. The number of thiocarbonyl (C=S) groups is 1. The number of benzene rings is 2. The van der Waals surface area contributed by atoms with Gasteiger partial charge in [0.15, 0.2) is 32.3 Å². The largest absolute Gasteiger partial charge is 0.741 e. The normalized spacial score (nSPS) is 17.0. The van der Waals surface area contributed by atoms with E-state index in [2.05, 4.69) is 47.6 Å². The number of carbonyl (C=O) groups is 7. The van der Waals surface area contributed by atoms with E-state index >= 15 is 0 Å². The SMILES string of the molecule is COC(=O)[C@@H]1COC(=S)N1.COC(=O)[C@@H]1COC(SC[C@H](NC(=O)SCC(COC(=O)c2ccccc2)NC(=O)SC)C(=O)OC)=N1.CSC1=NC(COC(=O)c2ccccc2)CO1.O=S(=O)([O-])C(F)(F)F.O=S(=O)([O-])C(F)(F)F. The van der Waals surface area contributed by atoms with E-state index in [0.717, 1.165) is 35.3 Å². The van der Waals surface area contributed by atoms with E-state index in [1.54, 1.807) is 60.9 Å². The Labute approximate surface area is 474 Å². The monoisotopic (exact) mass is 1280 g/mol. The van der Waals surface area contributed by atoms with Gasteiger partial charge in [0.1, 0.15) is 45.1 Å². The van der Waals surface area contributed by atoms with Gasteiger partial charge in [-0.2, -0.15) is 26.3 Å². The summed E-state index contributed by atoms with van der Waals surface area (Å²) in [6.45, 7) is 0.884. The van der Waals surface area contributed by atoms with E-state index in [4.69, 9.17) is 54.4 Å². The minimum Gasteiger partial charge on any atom is -0.741 e. The Hall–Kier alpha value is -5.84. The number of aliphatic imine (C=N–C) groups is 2. The first-order chi connectivity index (χ1) is 37.3. The number of ether oxygens (including phenoxy) is 8. The molecule has 3 N–H and O–H groups in total. The second-order valence-electron chi connectivity index (χ2n) is 14.3. The molecule has 1 fully saturated rings. The van der Waals surface area contributed by atoms with Gasteiger partial charge in [-0.15, -0.1) is 0 Å². The van der Waals surface area contributed by atoms with E-state index in [0.29, 0.717) is 23.0 Å². The molecule has 3 aliphatic heterocycles. The summed E-state index contributed by atoms with van der Waals surface area (Å²) >= 11 is 8.85. The fourth-order valence-electron chi connectivity index (χ4n) is 4.78. The third-order valence-corrected chi connectivity index (χ3v) is 13.0. The molecule has 5 rings (SSSR count). The quantitative estimate of drug-likeness (QED) is 0.0574. The summed E-state index contributed by atoms with van der Waals surface area (Å²) in [5.74, 6) is -2.35. The lowest BCUT2D eigenvalue weighted by Crippen LogP contribution is -2.43. The summed E-state index contributed by atoms with van der Waals surface area (Å²) < 4.78 is 157. The molecule has 2 amide bonds. The van der Waals surface area contributed by atoms with Crippen molar-refractivity contribution < 1.29 is 124 Å². The average molecular weight is 1280 g/mol. The van der Waals surface area contributed by atoms with Crippen LogP contribution in [0.2, 0.25) is 0 Å². The number of hydrogen-bond acceptors (Lipinski definition) is 28. The van der Waals surface area contributed by atoms with Crippen molar-refractivity contribution in [2.75, 3.05) is 78.4 Å². The summed E-state index contributed by atoms with van der Waals surface area (Å²) in [5.41, 5.74) is -10.4. The van der Waals surface area contributed by atoms with Crippen LogP contribution in [0.5, 0.6) is 0 Å². The third kappa shape index (κ3) is 28.5. The van der Waals surface area contributed by atoms with Crippen molar-refractivity contribution in [2.24, 2.45) is 9.98 Å². The third-order valence-electron chi connectivity index (χ3n) is 8.60. The molecule has 0 saturated carbocycles. The molecule has 2 aromatic rings. The fraction of sp³-hybridized carbons (Fsp3) is 0.463. The molecule has 2 unspecified atom stereocenters. The van der Waals surface area contributed by atoms with E-state index < -0.39 is 78.6 Å². The summed E-state index contributed by atoms with van der Waals surface area (Å²) in [6.07, 6.45) is 3.49. The highest BCUT2D eigenvalue weighted by Gasteiger charge is 2.38. The number of halogens is 6. The topological polar surface area (TPSA) is 369 Å². The van der Waals surface area contributed by atoms with Crippen LogP contribution in [0.15, 0.2) is 70.6 Å². The zero-order valence-corrected chi connectivity index (χ0v) is 47.4. The Morgan fingerprint density at radius 2 is 1.23 bits per heavy atom. The van der Waals surface area contributed by atoms with Crippen LogP contribution < -0.4 is 16.0 Å². The summed E-state index contributed by atoms with van der Waals surface area (Å²) in [5, 5.41) is 8.06. The number of esters is 5. The van der Waals surface area contributed by atoms with Gasteiger partial charge < -0.3 is 63.0 Å². The Bertz CT molecular complexity index is 2640. The second-order valence-corrected chi connectivity index (χ2v) is 20.9. The smallest absolute Gasteiger partial charge is 0.485 e. The minimum atomic E-state index is -6.09. The van der Waals surface area contributed by atoms with Gasteiger partial charge >= 0.3 is 40.9 Å². The highest BCUT2D eigenvalue weighted by molar-refractivity contribution is 8.14. The van der Waals surface area contributed by atoms with Crippen LogP contribution in [0.4, 0.5) is 35.9 Å². The van der Waals surface area contributed by atoms with Crippen LogP contribution >= 0.6 is 59.3 Å². The molecule has 3 heterocycles. The minimum absolute atomic E-state index is 0.0259. The van der Waals surface area contributed by atoms with E-state index in [1.165, 1.54) is 33.1 Å². The van der Waals surface area contributed by atoms with Crippen molar-refractivity contribution in [1.82, 2.24) is 16.0 Å². The molecule has 2 aromatic carbocycles. The van der Waals surface area contributed by atoms with Gasteiger partial charge in [0.05, 0.1) is 38.5 Å². The molecule has 1 saturated heterocycles. The summed E-state index contributed by atoms with van der Waals surface area (Å²) in [7, 11) is -8.43. The maximum absolute atomic E-state index is 12.6. The first-order valence-electron chi connectivity index (χ1n) is 21.3. The molecule has 448 valence electrons. The Morgan fingerprint density at radius 3 is 1.66 bits per heavy atom. The first-order valence-corrected chi connectivity index (χ1v) is 29.0. The number of thioether (sulfide) groups is 4. The number of alkyl halides is 6. The van der Waals surface area contributed by atoms with Crippen molar-refractivity contribution >= 4 is 135 Å². The van der Waals surface area contributed by atoms with Crippen LogP contribution in [0.25, 0.3) is 0 Å². The number of amides is 2. The molecule has 0 radical (unpaired) electrons. The Kier molecular flexibility index (Phi) is 32.3. The molecule has 0 bridgehead atoms. The molecule has 39 heteroatoms. The molecule has 3 aliphatic rings. The molecular formula is C41H47F6N5O21S7-2. The van der Waals surface area contributed by atoms with Gasteiger partial charge in [0.2, 0.25) is 10.5 Å². The van der Waals surface area contributed by atoms with Crippen LogP contribution in [0.3, 0.4) is 0 Å². The van der Waals surface area contributed by atoms with Crippen molar-refractivity contribution in [1.29, 1.82) is 0 Å². The maximum Gasteiger partial charge on any atom is 0.485 e. The van der Waals surface area contributed by atoms with Crippen molar-refractivity contribution in [2.45, 2.75) is 41.2 Å². The van der Waals surface area contributed by atoms with Gasteiger partial charge in [-0.3, -0.25) is 9.59 Å². The van der Waals surface area contributed by atoms with Crippen LogP contribution in [0.1, 0.15) is 20.7 Å². The summed E-state index contributed by atoms with van der Waals surface area (Å²) in [4.78, 5) is 91.1. The highest BCUT2D eigenvalue weighted by Crippen LogP contribution is 2.22. The Morgan fingerprint density at radius 1 is 0.713 bits per heavy atom. The highest BCUT2D eigenvalue weighted by atomic mass is 32.2. The number of methoxy groups -OCH3 is 3. The van der Waals surface area contributed by atoms with Crippen molar-refractivity contribution in [3.8, 4) is 0 Å². The number of nitrogens with one attached hydrogen (secondary N) is 3. The summed E-state index contributed by atoms with van der Waals surface area (Å²) in [6, 6.07) is 14.3. The van der Waals surface area contributed by atoms with Crippen LogP contribution in [0, 0.1) is 0 Å². The van der Waals surface area contributed by atoms with E-state index in [9.17, 15) is 59.9 Å². The fourth-order valence-corrected chi connectivity index (χ4v) is 7.35. The van der Waals surface area contributed by atoms with Gasteiger partial charge in [-0.25, -0.2) is 50.8 Å². The van der Waals surface area contributed by atoms with Crippen molar-refractivity contribution in [3.05, 3.63) is 71.8 Å². The van der Waals surface area contributed by atoms with Crippen LogP contribution in [-0.4, -0.2) is 202 Å². The lowest BCUT2D eigenvalue weighted by atomic mass is 10.2. The van der Waals surface area contributed by atoms with Gasteiger partial charge in [-0.05, 0) is 49.0 Å². The lowest BCUT2D eigenvalue weighted by Gasteiger charge is -2.19. The van der Waals surface area contributed by atoms with E-state index in [-0.39, 0.29) is 71.6 Å². The predicted octanol–water partition coefficient (Wildman–Crippen LogP) is 3.43. The number of nitrogens with zero attached hydrogens (tertiary/aromatic N) is 2. The molecule has 0 spiro atoms. The Balaban J connectivity index is 0.000000603. The maximum atomic E-state index is 12.6. The van der Waals surface area contributed by atoms with E-state index in [1.807, 2.05) is 12.3 Å². The van der Waals surface area contributed by atoms with Gasteiger partial charge in [0.25, 0.3) is 15.7 Å². The number of hydrogen-bond donors (Lipinski definition) is 3. The first kappa shape index (κ1) is 72.2. The predicted molar refractivity (Wildman–Crippen MR) is 277 cm³/mol. The molecule has 0 aliphatic carbocycles. The molecule has 0 aromatic heterocycles. The molecule has 80 heavy (non-hydrogen) atoms. The van der Waals surface area contributed by atoms with Gasteiger partial charge in [-0.1, -0.05) is 83.4 Å². The molecular weight excluding hydrogens is 1240 g/mol. The number of rotatable bonds is 15. The standard InChI is InChI=1S/C22H27N3O9S3.C12H13NO3S.C5H7NO3S.2CHF3O3S/c1-31-18(27)15-10-34-22(25-15)37-12-16(19(28)32-2)24-21(30)36-11-14(23-20(29)35-3)9-33-17(26)13-7-5-4-6-8-13;1-17-12-13-10(8-16-12)7-15-11(14)9-5-3-2-4-6-9;1-8-4(7)3-2-9-5(10)6-3;2*2-1(3,4)8(5,6)7/h4-8,14-16H,9-12H2,1-3H3,(H,23,29)(H,24,30);2-6,10H,7-8H2,1H3;3H,2H2,1H3,(H,6,10);2*(H,5,6,7)/p-2/t14?,15-,16-;;3-;;/m0.0../s1. The molecule has 5 atom stereocenters. The van der Waals surface area contributed by atoms with Crippen LogP contribution in [-0.2, 0) is 72.5 Å². The average Bonchev–Trinajstić information content (AvgIpc) is 4.21. The number of carbonyl (C=O) groups excluding carboxylic acids is 7. The van der Waals surface area contributed by atoms with Crippen molar-refractivity contribution in [3.63, 3.8) is 0 Å². The zero-order chi connectivity index (χ0) is 60.9. The van der Waals surface area contributed by atoms with Gasteiger partial charge in [0, 0.05) is 11.5 Å². The zero-order valence-electron chi connectivity index (χ0n) is 41.7.